The first kappa shape index (κ1) is 24.6. The molecule has 0 saturated carbocycles. The number of benzene rings is 1. The van der Waals surface area contributed by atoms with Crippen molar-refractivity contribution in [1.29, 1.82) is 5.41 Å². The number of nitrogens with two attached hydrogens (primary N) is 1. The molecular formula is C22H36N4O3. The van der Waals surface area contributed by atoms with E-state index in [4.69, 9.17) is 15.9 Å². The van der Waals surface area contributed by atoms with Crippen LogP contribution in [0.5, 0.6) is 5.75 Å². The van der Waals surface area contributed by atoms with Crippen molar-refractivity contribution in [3.8, 4) is 5.75 Å². The van der Waals surface area contributed by atoms with E-state index in [1.54, 1.807) is 12.1 Å². The smallest absolute Gasteiger partial charge is 0.255 e. The van der Waals surface area contributed by atoms with Gasteiger partial charge in [-0.1, -0.05) is 13.8 Å². The number of ether oxygens (including phenoxy) is 1. The number of carbonyl (C=O) groups excluding carboxylic acids is 2. The van der Waals surface area contributed by atoms with Crippen LogP contribution >= 0.6 is 0 Å². The molecular weight excluding hydrogens is 368 g/mol. The first-order chi connectivity index (χ1) is 13.8. The molecule has 29 heavy (non-hydrogen) atoms. The molecule has 1 aromatic carbocycles. The molecule has 0 fully saturated rings. The van der Waals surface area contributed by atoms with Gasteiger partial charge in [-0.05, 0) is 63.3 Å². The average Bonchev–Trinajstić information content (AvgIpc) is 2.71. The molecule has 4 N–H and O–H groups in total. The van der Waals surface area contributed by atoms with Gasteiger partial charge in [-0.3, -0.25) is 9.59 Å². The summed E-state index contributed by atoms with van der Waals surface area (Å²) in [5, 5.41) is 10.1. The summed E-state index contributed by atoms with van der Waals surface area (Å²) >= 11 is 0. The van der Waals surface area contributed by atoms with Crippen LogP contribution in [0, 0.1) is 11.3 Å². The van der Waals surface area contributed by atoms with Crippen LogP contribution in [-0.4, -0.2) is 50.7 Å². The van der Waals surface area contributed by atoms with Gasteiger partial charge in [0.15, 0.2) is 5.78 Å². The van der Waals surface area contributed by atoms with Gasteiger partial charge in [0.05, 0.1) is 24.4 Å². The van der Waals surface area contributed by atoms with E-state index < -0.39 is 11.8 Å². The summed E-state index contributed by atoms with van der Waals surface area (Å²) in [7, 11) is 1.95. The van der Waals surface area contributed by atoms with Crippen molar-refractivity contribution < 1.29 is 14.3 Å². The Labute approximate surface area is 174 Å². The maximum Gasteiger partial charge on any atom is 0.255 e. The summed E-state index contributed by atoms with van der Waals surface area (Å²) in [5.74, 6) is -0.0681. The third kappa shape index (κ3) is 8.23. The van der Waals surface area contributed by atoms with Crippen LogP contribution in [0.25, 0.3) is 0 Å². The first-order valence-electron chi connectivity index (χ1n) is 10.4. The Hall–Kier alpha value is -2.41. The highest BCUT2D eigenvalue weighted by atomic mass is 16.5. The lowest BCUT2D eigenvalue weighted by Crippen LogP contribution is -2.42. The Morgan fingerprint density at radius 3 is 2.59 bits per heavy atom. The lowest BCUT2D eigenvalue weighted by Gasteiger charge is -2.21. The number of Topliss-reactive ketones (excluding diaryl/α,β-unsaturated/α-hetero) is 1. The van der Waals surface area contributed by atoms with Gasteiger partial charge in [0.1, 0.15) is 5.75 Å². The van der Waals surface area contributed by atoms with Gasteiger partial charge in [-0.25, -0.2) is 0 Å². The van der Waals surface area contributed by atoms with Crippen molar-refractivity contribution in [1.82, 2.24) is 5.32 Å². The van der Waals surface area contributed by atoms with Gasteiger partial charge in [-0.2, -0.15) is 0 Å². The maximum atomic E-state index is 13.0. The molecule has 1 unspecified atom stereocenters. The molecule has 0 aliphatic carbocycles. The van der Waals surface area contributed by atoms with Gasteiger partial charge < -0.3 is 26.1 Å². The van der Waals surface area contributed by atoms with Gasteiger partial charge in [-0.15, -0.1) is 0 Å². The Balaban J connectivity index is 3.06. The molecule has 1 rings (SSSR count). The van der Waals surface area contributed by atoms with Crippen LogP contribution in [0.2, 0.25) is 0 Å². The number of anilines is 1. The van der Waals surface area contributed by atoms with Crippen LogP contribution in [-0.2, 0) is 4.79 Å². The molecule has 1 atom stereocenters. The molecule has 0 heterocycles. The van der Waals surface area contributed by atoms with Gasteiger partial charge >= 0.3 is 0 Å². The summed E-state index contributed by atoms with van der Waals surface area (Å²) in [6.07, 6.45) is 4.02. The lowest BCUT2D eigenvalue weighted by molar-refractivity contribution is -0.114. The van der Waals surface area contributed by atoms with Crippen molar-refractivity contribution in [3.05, 3.63) is 23.8 Å². The van der Waals surface area contributed by atoms with Crippen molar-refractivity contribution in [2.45, 2.75) is 52.5 Å². The maximum absolute atomic E-state index is 13.0. The molecule has 0 saturated heterocycles. The molecule has 162 valence electrons. The number of ketones is 1. The van der Waals surface area contributed by atoms with Crippen LogP contribution in [0.1, 0.15) is 56.8 Å². The summed E-state index contributed by atoms with van der Waals surface area (Å²) in [4.78, 5) is 27.1. The van der Waals surface area contributed by atoms with Gasteiger partial charge in [0, 0.05) is 19.3 Å². The van der Waals surface area contributed by atoms with E-state index in [0.29, 0.717) is 30.9 Å². The zero-order valence-electron chi connectivity index (χ0n) is 18.2. The lowest BCUT2D eigenvalue weighted by atomic mass is 10.00. The van der Waals surface area contributed by atoms with E-state index in [0.717, 1.165) is 37.7 Å². The number of amides is 1. The largest absolute Gasteiger partial charge is 0.493 e. The van der Waals surface area contributed by atoms with Crippen LogP contribution in [0.4, 0.5) is 5.69 Å². The quantitative estimate of drug-likeness (QED) is 0.326. The van der Waals surface area contributed by atoms with Crippen LogP contribution < -0.4 is 20.7 Å². The summed E-state index contributed by atoms with van der Waals surface area (Å²) in [6, 6.07) is 4.79. The predicted octanol–water partition coefficient (Wildman–Crippen LogP) is 3.01. The fourth-order valence-electron chi connectivity index (χ4n) is 2.90. The SMILES string of the molecule is CCN(C)c1ccc(OCCCCCN)c(C(=O)NC(CC(C)C)C(=O)C=N)c1. The molecule has 7 nitrogen and oxygen atoms in total. The number of hydrogen-bond donors (Lipinski definition) is 3. The highest BCUT2D eigenvalue weighted by molar-refractivity contribution is 6.29. The minimum atomic E-state index is -0.718. The second-order valence-corrected chi connectivity index (χ2v) is 7.59. The molecule has 0 aliphatic heterocycles. The van der Waals surface area contributed by atoms with Crippen molar-refractivity contribution in [3.63, 3.8) is 0 Å². The van der Waals surface area contributed by atoms with E-state index >= 15 is 0 Å². The van der Waals surface area contributed by atoms with Gasteiger partial charge in [0.25, 0.3) is 5.91 Å². The molecule has 7 heteroatoms. The predicted molar refractivity (Wildman–Crippen MR) is 118 cm³/mol. The van der Waals surface area contributed by atoms with Crippen LogP contribution in [0.3, 0.4) is 0 Å². The fourth-order valence-corrected chi connectivity index (χ4v) is 2.90. The molecule has 0 aromatic heterocycles. The van der Waals surface area contributed by atoms with Crippen LogP contribution in [0.15, 0.2) is 18.2 Å². The van der Waals surface area contributed by atoms with E-state index in [-0.39, 0.29) is 11.8 Å². The summed E-state index contributed by atoms with van der Waals surface area (Å²) in [5.41, 5.74) is 6.81. The zero-order valence-corrected chi connectivity index (χ0v) is 18.2. The second-order valence-electron chi connectivity index (χ2n) is 7.59. The third-order valence-electron chi connectivity index (χ3n) is 4.73. The number of nitrogens with one attached hydrogen (secondary N) is 2. The molecule has 0 radical (unpaired) electrons. The standard InChI is InChI=1S/C22H36N4O3/c1-5-26(4)17-9-10-21(29-12-8-6-7-11-23)18(14-17)22(28)25-19(13-16(2)3)20(27)15-24/h9-10,14-16,19,24H,5-8,11-13,23H2,1-4H3,(H,25,28). The number of carbonyl (C=O) groups is 2. The fraction of sp³-hybridized carbons (Fsp3) is 0.591. The third-order valence-corrected chi connectivity index (χ3v) is 4.73. The number of hydrogen-bond acceptors (Lipinski definition) is 6. The Morgan fingerprint density at radius 1 is 1.28 bits per heavy atom. The molecule has 1 amide bonds. The molecule has 0 aliphatic rings. The van der Waals surface area contributed by atoms with E-state index in [1.807, 2.05) is 38.8 Å². The average molecular weight is 405 g/mol. The van der Waals surface area contributed by atoms with Gasteiger partial charge in [0.2, 0.25) is 0 Å². The zero-order chi connectivity index (χ0) is 21.8. The van der Waals surface area contributed by atoms with E-state index in [9.17, 15) is 9.59 Å². The molecule has 0 bridgehead atoms. The minimum absolute atomic E-state index is 0.208. The van der Waals surface area contributed by atoms with E-state index in [2.05, 4.69) is 5.32 Å². The Morgan fingerprint density at radius 2 is 2.00 bits per heavy atom. The monoisotopic (exact) mass is 404 g/mol. The van der Waals surface area contributed by atoms with E-state index in [1.165, 1.54) is 0 Å². The second kappa shape index (κ2) is 12.9. The number of rotatable bonds is 14. The normalized spacial score (nSPS) is 11.8. The Bertz CT molecular complexity index is 676. The number of unbranched alkanes of at least 4 members (excludes halogenated alkanes) is 2. The first-order valence-corrected chi connectivity index (χ1v) is 10.4. The van der Waals surface area contributed by atoms with Crippen molar-refractivity contribution in [2.75, 3.05) is 31.6 Å². The molecule has 1 aromatic rings. The molecule has 0 spiro atoms. The highest BCUT2D eigenvalue weighted by Crippen LogP contribution is 2.25. The summed E-state index contributed by atoms with van der Waals surface area (Å²) in [6.45, 7) is 7.93. The summed E-state index contributed by atoms with van der Waals surface area (Å²) < 4.78 is 5.87. The number of nitrogens with zero attached hydrogens (tertiary/aromatic N) is 1. The minimum Gasteiger partial charge on any atom is -0.493 e. The topological polar surface area (TPSA) is 109 Å². The Kier molecular flexibility index (Phi) is 11.0. The van der Waals surface area contributed by atoms with Crippen molar-refractivity contribution >= 4 is 23.6 Å². The highest BCUT2D eigenvalue weighted by Gasteiger charge is 2.23. The van der Waals surface area contributed by atoms with Crippen molar-refractivity contribution in [2.24, 2.45) is 11.7 Å².